The smallest absolute Gasteiger partial charge is 0.240 e. The number of nitrogens with zero attached hydrogens (tertiary/aromatic N) is 1. The lowest BCUT2D eigenvalue weighted by Crippen LogP contribution is -2.58. The number of likely N-dealkylation sites (tertiary alicyclic amines) is 1. The summed E-state index contributed by atoms with van der Waals surface area (Å²) in [5.41, 5.74) is 10.7. The monoisotopic (exact) mass is 311 g/mol. The van der Waals surface area contributed by atoms with Crippen molar-refractivity contribution in [2.24, 2.45) is 16.9 Å². The third-order valence-corrected chi connectivity index (χ3v) is 5.32. The van der Waals surface area contributed by atoms with E-state index in [-0.39, 0.29) is 10.9 Å². The van der Waals surface area contributed by atoms with E-state index >= 15 is 0 Å². The second kappa shape index (κ2) is 6.73. The summed E-state index contributed by atoms with van der Waals surface area (Å²) in [6, 6.07) is -0.499. The highest BCUT2D eigenvalue weighted by Gasteiger charge is 2.46. The maximum absolute atomic E-state index is 13.1. The molecule has 2 amide bonds. The van der Waals surface area contributed by atoms with Crippen LogP contribution in [0.2, 0.25) is 0 Å². The van der Waals surface area contributed by atoms with Crippen molar-refractivity contribution in [3.63, 3.8) is 0 Å². The van der Waals surface area contributed by atoms with Crippen LogP contribution < -0.4 is 11.5 Å². The van der Waals surface area contributed by atoms with Gasteiger partial charge in [0.25, 0.3) is 0 Å². The van der Waals surface area contributed by atoms with Gasteiger partial charge in [0.05, 0.1) is 10.4 Å². The number of piperidine rings is 1. The SMILES string of the molecule is NC(=O)C1CCCCN1C(=O)C1(C(N)=S)CCCCCC1. The van der Waals surface area contributed by atoms with Gasteiger partial charge < -0.3 is 16.4 Å². The van der Waals surface area contributed by atoms with Gasteiger partial charge in [-0.15, -0.1) is 0 Å². The summed E-state index contributed by atoms with van der Waals surface area (Å²) in [6.07, 6.45) is 8.01. The summed E-state index contributed by atoms with van der Waals surface area (Å²) in [4.78, 5) is 26.7. The van der Waals surface area contributed by atoms with Crippen molar-refractivity contribution in [3.05, 3.63) is 0 Å². The van der Waals surface area contributed by atoms with Crippen molar-refractivity contribution in [2.45, 2.75) is 63.8 Å². The van der Waals surface area contributed by atoms with Crippen LogP contribution >= 0.6 is 12.2 Å². The Kier molecular flexibility index (Phi) is 5.19. The molecule has 1 atom stereocenters. The average molecular weight is 311 g/mol. The van der Waals surface area contributed by atoms with E-state index < -0.39 is 17.4 Å². The van der Waals surface area contributed by atoms with E-state index in [1.165, 1.54) is 0 Å². The molecule has 118 valence electrons. The molecule has 1 aliphatic heterocycles. The van der Waals surface area contributed by atoms with E-state index in [0.717, 1.165) is 38.5 Å². The summed E-state index contributed by atoms with van der Waals surface area (Å²) in [5.74, 6) is -0.491. The topological polar surface area (TPSA) is 89.4 Å². The molecule has 0 aromatic carbocycles. The highest BCUT2D eigenvalue weighted by atomic mass is 32.1. The van der Waals surface area contributed by atoms with Crippen LogP contribution in [0.1, 0.15) is 57.8 Å². The Morgan fingerprint density at radius 1 is 1.00 bits per heavy atom. The molecule has 0 spiro atoms. The van der Waals surface area contributed by atoms with Crippen molar-refractivity contribution in [3.8, 4) is 0 Å². The van der Waals surface area contributed by atoms with Crippen LogP contribution in [0.3, 0.4) is 0 Å². The zero-order valence-electron chi connectivity index (χ0n) is 12.5. The fourth-order valence-electron chi connectivity index (χ4n) is 3.64. The lowest BCUT2D eigenvalue weighted by atomic mass is 9.78. The molecule has 5 nitrogen and oxygen atoms in total. The van der Waals surface area contributed by atoms with Crippen molar-refractivity contribution in [1.29, 1.82) is 0 Å². The number of nitrogens with two attached hydrogens (primary N) is 2. The number of thiocarbonyl (C=S) groups is 1. The van der Waals surface area contributed by atoms with Gasteiger partial charge in [0.2, 0.25) is 11.8 Å². The number of carbonyl (C=O) groups excluding carboxylic acids is 2. The van der Waals surface area contributed by atoms with Crippen LogP contribution in [0.5, 0.6) is 0 Å². The molecule has 0 aromatic rings. The Morgan fingerprint density at radius 3 is 2.14 bits per heavy atom. The van der Waals surface area contributed by atoms with Crippen molar-refractivity contribution in [1.82, 2.24) is 4.90 Å². The molecule has 2 fully saturated rings. The minimum Gasteiger partial charge on any atom is -0.392 e. The number of amides is 2. The Labute approximate surface area is 131 Å². The first-order valence-corrected chi connectivity index (χ1v) is 8.30. The van der Waals surface area contributed by atoms with Gasteiger partial charge in [-0.05, 0) is 32.1 Å². The third-order valence-electron chi connectivity index (χ3n) is 4.93. The van der Waals surface area contributed by atoms with Crippen molar-refractivity contribution < 1.29 is 9.59 Å². The van der Waals surface area contributed by atoms with E-state index in [4.69, 9.17) is 23.7 Å². The number of hydrogen-bond donors (Lipinski definition) is 2. The second-order valence-electron chi connectivity index (χ2n) is 6.27. The Bertz CT molecular complexity index is 431. The molecule has 1 heterocycles. The van der Waals surface area contributed by atoms with Crippen LogP contribution in [0, 0.1) is 5.41 Å². The van der Waals surface area contributed by atoms with Crippen LogP contribution in [0.25, 0.3) is 0 Å². The van der Waals surface area contributed by atoms with E-state index in [9.17, 15) is 9.59 Å². The van der Waals surface area contributed by atoms with Gasteiger partial charge in [0.1, 0.15) is 6.04 Å². The molecule has 0 radical (unpaired) electrons. The van der Waals surface area contributed by atoms with E-state index in [1.54, 1.807) is 4.90 Å². The number of rotatable bonds is 3. The zero-order chi connectivity index (χ0) is 15.5. The Balaban J connectivity index is 2.28. The molecule has 1 saturated carbocycles. The predicted octanol–water partition coefficient (Wildman–Crippen LogP) is 1.48. The molecule has 4 N–H and O–H groups in total. The first kappa shape index (κ1) is 16.2. The van der Waals surface area contributed by atoms with E-state index in [2.05, 4.69) is 0 Å². The first-order valence-electron chi connectivity index (χ1n) is 7.89. The normalized spacial score (nSPS) is 25.9. The van der Waals surface area contributed by atoms with Gasteiger partial charge in [0.15, 0.2) is 0 Å². The fraction of sp³-hybridized carbons (Fsp3) is 0.800. The highest BCUT2D eigenvalue weighted by molar-refractivity contribution is 7.80. The van der Waals surface area contributed by atoms with Gasteiger partial charge in [0, 0.05) is 6.54 Å². The number of primary amides is 1. The average Bonchev–Trinajstić information content (AvgIpc) is 2.73. The van der Waals surface area contributed by atoms with Crippen LogP contribution in [-0.4, -0.2) is 34.3 Å². The maximum atomic E-state index is 13.1. The van der Waals surface area contributed by atoms with E-state index in [1.807, 2.05) is 0 Å². The molecule has 0 bridgehead atoms. The molecule has 6 heteroatoms. The van der Waals surface area contributed by atoms with E-state index in [0.29, 0.717) is 25.8 Å². The van der Waals surface area contributed by atoms with Crippen LogP contribution in [-0.2, 0) is 9.59 Å². The molecular weight excluding hydrogens is 286 g/mol. The van der Waals surface area contributed by atoms with Crippen LogP contribution in [0.15, 0.2) is 0 Å². The van der Waals surface area contributed by atoms with Gasteiger partial charge >= 0.3 is 0 Å². The van der Waals surface area contributed by atoms with Gasteiger partial charge in [-0.25, -0.2) is 0 Å². The van der Waals surface area contributed by atoms with Crippen molar-refractivity contribution in [2.75, 3.05) is 6.54 Å². The lowest BCUT2D eigenvalue weighted by molar-refractivity contribution is -0.147. The maximum Gasteiger partial charge on any atom is 0.240 e. The summed E-state index contributed by atoms with van der Waals surface area (Å²) in [5, 5.41) is 0. The third kappa shape index (κ3) is 3.20. The largest absolute Gasteiger partial charge is 0.392 e. The Hall–Kier alpha value is -1.17. The summed E-state index contributed by atoms with van der Waals surface area (Å²) in [6.45, 7) is 0.580. The number of carbonyl (C=O) groups is 2. The first-order chi connectivity index (χ1) is 9.99. The molecule has 21 heavy (non-hydrogen) atoms. The highest BCUT2D eigenvalue weighted by Crippen LogP contribution is 2.38. The minimum absolute atomic E-state index is 0.0691. The lowest BCUT2D eigenvalue weighted by Gasteiger charge is -2.41. The Morgan fingerprint density at radius 2 is 1.62 bits per heavy atom. The minimum atomic E-state index is -0.767. The molecule has 2 aliphatic rings. The molecular formula is C15H25N3O2S. The molecule has 2 rings (SSSR count). The van der Waals surface area contributed by atoms with Gasteiger partial charge in [-0.3, -0.25) is 9.59 Å². The number of hydrogen-bond acceptors (Lipinski definition) is 3. The summed E-state index contributed by atoms with van der Waals surface area (Å²) in [7, 11) is 0. The van der Waals surface area contributed by atoms with Crippen molar-refractivity contribution >= 4 is 29.0 Å². The fourth-order valence-corrected chi connectivity index (χ4v) is 3.93. The predicted molar refractivity (Wildman–Crippen MR) is 85.5 cm³/mol. The van der Waals surface area contributed by atoms with Gasteiger partial charge in [-0.2, -0.15) is 0 Å². The second-order valence-corrected chi connectivity index (χ2v) is 6.71. The zero-order valence-corrected chi connectivity index (χ0v) is 13.3. The molecule has 1 saturated heterocycles. The molecule has 0 aromatic heterocycles. The molecule has 1 aliphatic carbocycles. The quantitative estimate of drug-likeness (QED) is 0.610. The standard InChI is InChI=1S/C15H25N3O2S/c16-12(19)11-7-3-6-10-18(11)14(20)15(13(17)21)8-4-1-2-5-9-15/h11H,1-10H2,(H2,16,19)(H2,17,21). The molecule has 1 unspecified atom stereocenters. The summed E-state index contributed by atoms with van der Waals surface area (Å²) >= 11 is 5.25. The summed E-state index contributed by atoms with van der Waals surface area (Å²) < 4.78 is 0. The van der Waals surface area contributed by atoms with Gasteiger partial charge in [-0.1, -0.05) is 37.9 Å². The van der Waals surface area contributed by atoms with Crippen LogP contribution in [0.4, 0.5) is 0 Å².